The lowest BCUT2D eigenvalue weighted by Crippen LogP contribution is -2.54. The molecule has 0 bridgehead atoms. The number of hydrogen-bond donors (Lipinski definition) is 0. The molecule has 6 nitrogen and oxygen atoms in total. The molecule has 0 amide bonds. The molecule has 0 aromatic heterocycles. The van der Waals surface area contributed by atoms with Crippen molar-refractivity contribution in [3.8, 4) is 0 Å². The first kappa shape index (κ1) is 22.3. The lowest BCUT2D eigenvalue weighted by atomic mass is 9.73. The average Bonchev–Trinajstić information content (AvgIpc) is 2.73. The lowest BCUT2D eigenvalue weighted by molar-refractivity contribution is -0.167. The molecule has 4 atom stereocenters. The van der Waals surface area contributed by atoms with Gasteiger partial charge in [0.15, 0.2) is 5.78 Å². The second kappa shape index (κ2) is 9.16. The minimum absolute atomic E-state index is 0.464. The fourth-order valence-electron chi connectivity index (χ4n) is 4.13. The number of hydrogen-bond acceptors (Lipinski definition) is 6. The molecule has 2 aromatic rings. The fourth-order valence-corrected chi connectivity index (χ4v) is 4.53. The van der Waals surface area contributed by atoms with E-state index in [1.807, 2.05) is 4.90 Å². The Hall–Kier alpha value is -2.41. The summed E-state index contributed by atoms with van der Waals surface area (Å²) in [6.07, 6.45) is 0. The average molecular weight is 450 g/mol. The number of carbonyl (C=O) groups excluding carboxylic acids is 3. The van der Waals surface area contributed by atoms with Gasteiger partial charge in [-0.05, 0) is 42.4 Å². The zero-order valence-electron chi connectivity index (χ0n) is 16.7. The number of likely N-dealkylation sites (tertiary alicyclic amines) is 1. The van der Waals surface area contributed by atoms with Crippen LogP contribution in [0.5, 0.6) is 0 Å². The summed E-state index contributed by atoms with van der Waals surface area (Å²) in [4.78, 5) is 40.7. The van der Waals surface area contributed by atoms with Gasteiger partial charge in [0, 0.05) is 10.0 Å². The number of methoxy groups -OCH3 is 2. The Balaban J connectivity index is 2.22. The summed E-state index contributed by atoms with van der Waals surface area (Å²) < 4.78 is 9.84. The van der Waals surface area contributed by atoms with Crippen molar-refractivity contribution in [1.29, 1.82) is 0 Å². The van der Waals surface area contributed by atoms with Crippen LogP contribution < -0.4 is 0 Å². The van der Waals surface area contributed by atoms with Crippen molar-refractivity contribution < 1.29 is 23.9 Å². The molecule has 3 rings (SSSR count). The second-order valence-electron chi connectivity index (χ2n) is 7.07. The molecule has 1 heterocycles. The summed E-state index contributed by atoms with van der Waals surface area (Å²) in [7, 11) is 4.16. The molecule has 1 aliphatic heterocycles. The van der Waals surface area contributed by atoms with Crippen LogP contribution in [0, 0.1) is 11.8 Å². The van der Waals surface area contributed by atoms with Crippen LogP contribution in [-0.4, -0.2) is 43.9 Å². The van der Waals surface area contributed by atoms with E-state index in [4.69, 9.17) is 32.7 Å². The van der Waals surface area contributed by atoms with Crippen molar-refractivity contribution in [3.05, 3.63) is 69.7 Å². The van der Waals surface area contributed by atoms with Crippen LogP contribution >= 0.6 is 23.2 Å². The summed E-state index contributed by atoms with van der Waals surface area (Å²) in [6.45, 7) is 0. The van der Waals surface area contributed by atoms with Crippen LogP contribution in [0.1, 0.15) is 23.2 Å². The topological polar surface area (TPSA) is 72.9 Å². The van der Waals surface area contributed by atoms with Crippen molar-refractivity contribution in [1.82, 2.24) is 4.90 Å². The molecule has 0 N–H and O–H groups in total. The minimum Gasteiger partial charge on any atom is -0.468 e. The standard InChI is InChI=1S/C22H21Cl2NO5/c1-25-18(12-6-4-8-14(23)10-12)16(21(27)29-2)20(26)17(22(28)30-3)19(25)13-7-5-9-15(24)11-13/h4-11,16-19H,1-3H3. The Kier molecular flexibility index (Phi) is 6.81. The quantitative estimate of drug-likeness (QED) is 0.520. The number of benzene rings is 2. The van der Waals surface area contributed by atoms with Crippen LogP contribution in [-0.2, 0) is 23.9 Å². The predicted octanol–water partition coefficient (Wildman–Crippen LogP) is 3.87. The SMILES string of the molecule is COC(=O)C1C(=O)C(C(=O)OC)C(c2cccc(Cl)c2)N(C)C1c1cccc(Cl)c1. The molecule has 8 heteroatoms. The smallest absolute Gasteiger partial charge is 0.318 e. The van der Waals surface area contributed by atoms with E-state index >= 15 is 0 Å². The molecular weight excluding hydrogens is 429 g/mol. The Labute approximate surface area is 184 Å². The van der Waals surface area contributed by atoms with Gasteiger partial charge in [-0.3, -0.25) is 19.3 Å². The maximum atomic E-state index is 13.5. The number of halogens is 2. The van der Waals surface area contributed by atoms with Gasteiger partial charge in [0.2, 0.25) is 0 Å². The highest BCUT2D eigenvalue weighted by molar-refractivity contribution is 6.31. The third-order valence-corrected chi connectivity index (χ3v) is 5.88. The van der Waals surface area contributed by atoms with Crippen molar-refractivity contribution in [2.45, 2.75) is 12.1 Å². The molecule has 2 aromatic carbocycles. The normalized spacial score (nSPS) is 24.4. The highest BCUT2D eigenvalue weighted by atomic mass is 35.5. The van der Waals surface area contributed by atoms with Crippen LogP contribution in [0.4, 0.5) is 0 Å². The lowest BCUT2D eigenvalue weighted by Gasteiger charge is -2.46. The zero-order valence-corrected chi connectivity index (χ0v) is 18.2. The zero-order chi connectivity index (χ0) is 22.0. The van der Waals surface area contributed by atoms with E-state index in [1.54, 1.807) is 55.6 Å². The largest absolute Gasteiger partial charge is 0.468 e. The van der Waals surface area contributed by atoms with Crippen molar-refractivity contribution >= 4 is 40.9 Å². The van der Waals surface area contributed by atoms with E-state index < -0.39 is 41.6 Å². The van der Waals surface area contributed by atoms with Crippen molar-refractivity contribution in [2.75, 3.05) is 21.3 Å². The second-order valence-corrected chi connectivity index (χ2v) is 7.94. The van der Waals surface area contributed by atoms with Gasteiger partial charge in [0.1, 0.15) is 11.8 Å². The fraction of sp³-hybridized carbons (Fsp3) is 0.318. The Bertz CT molecular complexity index is 904. The minimum atomic E-state index is -1.22. The van der Waals surface area contributed by atoms with E-state index in [0.717, 1.165) is 0 Å². The van der Waals surface area contributed by atoms with Crippen LogP contribution in [0.25, 0.3) is 0 Å². The summed E-state index contributed by atoms with van der Waals surface area (Å²) in [5, 5.41) is 0.928. The first-order valence-electron chi connectivity index (χ1n) is 9.22. The molecule has 158 valence electrons. The molecule has 0 radical (unpaired) electrons. The third kappa shape index (κ3) is 4.08. The first-order valence-corrected chi connectivity index (χ1v) is 9.98. The highest BCUT2D eigenvalue weighted by Gasteiger charge is 2.54. The van der Waals surface area contributed by atoms with Gasteiger partial charge in [-0.15, -0.1) is 0 Å². The maximum absolute atomic E-state index is 13.5. The van der Waals surface area contributed by atoms with Crippen molar-refractivity contribution in [3.63, 3.8) is 0 Å². The van der Waals surface area contributed by atoms with E-state index in [9.17, 15) is 14.4 Å². The van der Waals surface area contributed by atoms with Gasteiger partial charge in [-0.1, -0.05) is 47.5 Å². The highest BCUT2D eigenvalue weighted by Crippen LogP contribution is 2.46. The van der Waals surface area contributed by atoms with Crippen LogP contribution in [0.2, 0.25) is 10.0 Å². The number of piperidine rings is 1. The van der Waals surface area contributed by atoms with Gasteiger partial charge < -0.3 is 9.47 Å². The molecule has 0 spiro atoms. The van der Waals surface area contributed by atoms with E-state index in [-0.39, 0.29) is 0 Å². The van der Waals surface area contributed by atoms with Crippen LogP contribution in [0.15, 0.2) is 48.5 Å². The molecule has 1 saturated heterocycles. The van der Waals surface area contributed by atoms with E-state index in [2.05, 4.69) is 0 Å². The van der Waals surface area contributed by atoms with Gasteiger partial charge in [-0.2, -0.15) is 0 Å². The van der Waals surface area contributed by atoms with E-state index in [0.29, 0.717) is 21.2 Å². The number of ketones is 1. The molecule has 1 aliphatic rings. The van der Waals surface area contributed by atoms with Crippen LogP contribution in [0.3, 0.4) is 0 Å². The predicted molar refractivity (Wildman–Crippen MR) is 112 cm³/mol. The number of ether oxygens (including phenoxy) is 2. The number of rotatable bonds is 4. The molecule has 0 saturated carbocycles. The molecule has 0 aliphatic carbocycles. The summed E-state index contributed by atoms with van der Waals surface area (Å²) >= 11 is 12.3. The molecule has 30 heavy (non-hydrogen) atoms. The molecule has 1 fully saturated rings. The van der Waals surface area contributed by atoms with Gasteiger partial charge in [0.25, 0.3) is 0 Å². The number of Topliss-reactive ketones (excluding diaryl/α,β-unsaturated/α-hetero) is 1. The van der Waals surface area contributed by atoms with Gasteiger partial charge >= 0.3 is 11.9 Å². The Morgan fingerprint density at radius 1 is 0.833 bits per heavy atom. The molecular formula is C22H21Cl2NO5. The third-order valence-electron chi connectivity index (χ3n) is 5.41. The number of carbonyl (C=O) groups is 3. The monoisotopic (exact) mass is 449 g/mol. The van der Waals surface area contributed by atoms with Gasteiger partial charge in [-0.25, -0.2) is 0 Å². The number of esters is 2. The first-order chi connectivity index (χ1) is 14.3. The summed E-state index contributed by atoms with van der Waals surface area (Å²) in [5.74, 6) is -4.47. The Morgan fingerprint density at radius 3 is 1.57 bits per heavy atom. The number of nitrogens with zero attached hydrogens (tertiary/aromatic N) is 1. The van der Waals surface area contributed by atoms with Crippen molar-refractivity contribution in [2.24, 2.45) is 11.8 Å². The van der Waals surface area contributed by atoms with Gasteiger partial charge in [0.05, 0.1) is 26.3 Å². The maximum Gasteiger partial charge on any atom is 0.318 e. The van der Waals surface area contributed by atoms with E-state index in [1.165, 1.54) is 14.2 Å². The summed E-state index contributed by atoms with van der Waals surface area (Å²) in [6, 6.07) is 12.4. The summed E-state index contributed by atoms with van der Waals surface area (Å²) in [5.41, 5.74) is 1.31. The Morgan fingerprint density at radius 2 is 1.23 bits per heavy atom. The molecule has 4 unspecified atom stereocenters.